The number of anilines is 2. The van der Waals surface area contributed by atoms with Crippen molar-refractivity contribution in [2.75, 3.05) is 30.8 Å². The minimum Gasteiger partial charge on any atom is -0.465 e. The lowest BCUT2D eigenvalue weighted by Crippen LogP contribution is -2.25. The number of rotatable bonds is 4. The van der Waals surface area contributed by atoms with Gasteiger partial charge in [-0.15, -0.1) is 0 Å². The Morgan fingerprint density at radius 1 is 1.42 bits per heavy atom. The molecule has 1 rings (SSSR count). The highest BCUT2D eigenvalue weighted by Crippen LogP contribution is 2.25. The number of hydrogen-bond donors (Lipinski definition) is 1. The van der Waals surface area contributed by atoms with Crippen LogP contribution in [0.2, 0.25) is 0 Å². The number of nitriles is 2. The lowest BCUT2D eigenvalue weighted by molar-refractivity contribution is 0.0602. The van der Waals surface area contributed by atoms with Crippen molar-refractivity contribution < 1.29 is 13.9 Å². The second-order valence-electron chi connectivity index (χ2n) is 3.55. The Bertz CT molecular complexity index is 558. The van der Waals surface area contributed by atoms with Crippen molar-refractivity contribution in [1.82, 2.24) is 0 Å². The summed E-state index contributed by atoms with van der Waals surface area (Å²) in [6.45, 7) is -0.371. The van der Waals surface area contributed by atoms with Gasteiger partial charge in [0.2, 0.25) is 0 Å². The second kappa shape index (κ2) is 6.22. The van der Waals surface area contributed by atoms with Crippen molar-refractivity contribution in [3.8, 4) is 12.1 Å². The van der Waals surface area contributed by atoms with E-state index in [1.165, 1.54) is 18.1 Å². The van der Waals surface area contributed by atoms with Crippen LogP contribution in [0, 0.1) is 28.5 Å². The molecule has 0 heterocycles. The van der Waals surface area contributed by atoms with E-state index < -0.39 is 11.8 Å². The zero-order valence-electron chi connectivity index (χ0n) is 10.2. The zero-order valence-corrected chi connectivity index (χ0v) is 10.2. The van der Waals surface area contributed by atoms with E-state index in [9.17, 15) is 9.18 Å². The first-order valence-electron chi connectivity index (χ1n) is 5.21. The number of ether oxygens (including phenoxy) is 1. The number of hydrogen-bond acceptors (Lipinski definition) is 6. The maximum Gasteiger partial charge on any atom is 0.340 e. The normalized spacial score (nSPS) is 9.26. The molecule has 0 saturated carbocycles. The molecular formula is C12H11FN4O2. The van der Waals surface area contributed by atoms with Crippen molar-refractivity contribution in [3.05, 3.63) is 23.5 Å². The number of nitrogen functional groups attached to an aromatic ring is 1. The first-order chi connectivity index (χ1) is 9.04. The molecular weight excluding hydrogens is 251 g/mol. The molecule has 98 valence electrons. The van der Waals surface area contributed by atoms with Crippen LogP contribution in [0.5, 0.6) is 0 Å². The summed E-state index contributed by atoms with van der Waals surface area (Å²) < 4.78 is 18.3. The van der Waals surface area contributed by atoms with E-state index in [-0.39, 0.29) is 30.0 Å². The standard InChI is InChI=1S/C12H11FN4O2/c1-19-12(18)8-6-11(9(13)7-10(8)16)17(4-2-14)5-3-15/h6-7H,4-5,16H2,1H3. The number of esters is 1. The molecule has 0 spiro atoms. The predicted molar refractivity (Wildman–Crippen MR) is 65.6 cm³/mol. The summed E-state index contributed by atoms with van der Waals surface area (Å²) in [7, 11) is 1.17. The van der Waals surface area contributed by atoms with E-state index in [2.05, 4.69) is 4.74 Å². The van der Waals surface area contributed by atoms with Gasteiger partial charge in [-0.05, 0) is 12.1 Å². The number of carbonyl (C=O) groups excluding carboxylic acids is 1. The van der Waals surface area contributed by atoms with Crippen LogP contribution in [0.3, 0.4) is 0 Å². The third-order valence-corrected chi connectivity index (χ3v) is 2.39. The quantitative estimate of drug-likeness (QED) is 0.494. The summed E-state index contributed by atoms with van der Waals surface area (Å²) in [5.41, 5.74) is 5.40. The molecule has 0 bridgehead atoms. The van der Waals surface area contributed by atoms with Gasteiger partial charge >= 0.3 is 5.97 Å². The molecule has 19 heavy (non-hydrogen) atoms. The third-order valence-electron chi connectivity index (χ3n) is 2.39. The van der Waals surface area contributed by atoms with Gasteiger partial charge in [-0.1, -0.05) is 0 Å². The monoisotopic (exact) mass is 262 g/mol. The highest BCUT2D eigenvalue weighted by Gasteiger charge is 2.18. The number of methoxy groups -OCH3 is 1. The van der Waals surface area contributed by atoms with Gasteiger partial charge in [0.15, 0.2) is 0 Å². The fraction of sp³-hybridized carbons (Fsp3) is 0.250. The predicted octanol–water partition coefficient (Wildman–Crippen LogP) is 1.05. The topological polar surface area (TPSA) is 103 Å². The molecule has 0 unspecified atom stereocenters. The fourth-order valence-electron chi connectivity index (χ4n) is 1.50. The van der Waals surface area contributed by atoms with E-state index in [1.807, 2.05) is 12.1 Å². The molecule has 6 nitrogen and oxygen atoms in total. The van der Waals surface area contributed by atoms with Gasteiger partial charge in [0.05, 0.1) is 30.5 Å². The number of nitrogens with two attached hydrogens (primary N) is 1. The zero-order chi connectivity index (χ0) is 14.4. The lowest BCUT2D eigenvalue weighted by Gasteiger charge is -2.20. The van der Waals surface area contributed by atoms with Gasteiger partial charge in [-0.3, -0.25) is 0 Å². The molecule has 0 amide bonds. The Kier molecular flexibility index (Phi) is 4.67. The molecule has 0 aromatic heterocycles. The third kappa shape index (κ3) is 3.11. The van der Waals surface area contributed by atoms with Gasteiger partial charge in [-0.25, -0.2) is 9.18 Å². The van der Waals surface area contributed by atoms with Crippen LogP contribution < -0.4 is 10.6 Å². The van der Waals surface area contributed by atoms with Crippen LogP contribution in [-0.2, 0) is 4.74 Å². The second-order valence-corrected chi connectivity index (χ2v) is 3.55. The lowest BCUT2D eigenvalue weighted by atomic mass is 10.1. The average Bonchev–Trinajstić information content (AvgIpc) is 2.38. The Hall–Kier alpha value is -2.80. The van der Waals surface area contributed by atoms with Crippen LogP contribution in [0.1, 0.15) is 10.4 Å². The first kappa shape index (κ1) is 14.3. The van der Waals surface area contributed by atoms with E-state index in [1.54, 1.807) is 0 Å². The van der Waals surface area contributed by atoms with Crippen LogP contribution in [-0.4, -0.2) is 26.2 Å². The summed E-state index contributed by atoms with van der Waals surface area (Å²) in [6.07, 6.45) is 0. The number of benzene rings is 1. The summed E-state index contributed by atoms with van der Waals surface area (Å²) in [4.78, 5) is 12.7. The van der Waals surface area contributed by atoms with Crippen molar-refractivity contribution >= 4 is 17.3 Å². The molecule has 0 fully saturated rings. The molecule has 7 heteroatoms. The molecule has 0 saturated heterocycles. The Morgan fingerprint density at radius 3 is 2.47 bits per heavy atom. The van der Waals surface area contributed by atoms with Gasteiger partial charge in [0.1, 0.15) is 18.9 Å². The van der Waals surface area contributed by atoms with E-state index >= 15 is 0 Å². The minimum absolute atomic E-state index is 0.0141. The van der Waals surface area contributed by atoms with Crippen molar-refractivity contribution in [2.45, 2.75) is 0 Å². The van der Waals surface area contributed by atoms with E-state index in [0.29, 0.717) is 0 Å². The highest BCUT2D eigenvalue weighted by molar-refractivity contribution is 5.96. The molecule has 0 atom stereocenters. The summed E-state index contributed by atoms with van der Waals surface area (Å²) in [6, 6.07) is 5.77. The Morgan fingerprint density at radius 2 is 2.00 bits per heavy atom. The van der Waals surface area contributed by atoms with Crippen molar-refractivity contribution in [3.63, 3.8) is 0 Å². The van der Waals surface area contributed by atoms with Crippen LogP contribution >= 0.6 is 0 Å². The van der Waals surface area contributed by atoms with Crippen LogP contribution in [0.25, 0.3) is 0 Å². The molecule has 0 aliphatic carbocycles. The molecule has 0 radical (unpaired) electrons. The van der Waals surface area contributed by atoms with Crippen LogP contribution in [0.15, 0.2) is 12.1 Å². The minimum atomic E-state index is -0.715. The first-order valence-corrected chi connectivity index (χ1v) is 5.21. The van der Waals surface area contributed by atoms with Crippen LogP contribution in [0.4, 0.5) is 15.8 Å². The fourth-order valence-corrected chi connectivity index (χ4v) is 1.50. The van der Waals surface area contributed by atoms with Gasteiger partial charge < -0.3 is 15.4 Å². The largest absolute Gasteiger partial charge is 0.465 e. The maximum atomic E-state index is 13.8. The molecule has 0 aliphatic heterocycles. The highest BCUT2D eigenvalue weighted by atomic mass is 19.1. The summed E-state index contributed by atoms with van der Waals surface area (Å²) in [5, 5.41) is 17.3. The molecule has 2 N–H and O–H groups in total. The van der Waals surface area contributed by atoms with E-state index in [4.69, 9.17) is 16.3 Å². The summed E-state index contributed by atoms with van der Waals surface area (Å²) in [5.74, 6) is -1.43. The van der Waals surface area contributed by atoms with E-state index in [0.717, 1.165) is 6.07 Å². The number of nitrogens with zero attached hydrogens (tertiary/aromatic N) is 3. The van der Waals surface area contributed by atoms with Gasteiger partial charge in [-0.2, -0.15) is 10.5 Å². The maximum absolute atomic E-state index is 13.8. The molecule has 0 aliphatic rings. The molecule has 1 aromatic carbocycles. The van der Waals surface area contributed by atoms with Gasteiger partial charge in [0, 0.05) is 5.69 Å². The Balaban J connectivity index is 3.31. The Labute approximate surface area is 109 Å². The number of halogens is 1. The SMILES string of the molecule is COC(=O)c1cc(N(CC#N)CC#N)c(F)cc1N. The summed E-state index contributed by atoms with van der Waals surface area (Å²) >= 11 is 0. The number of carbonyl (C=O) groups is 1. The van der Waals surface area contributed by atoms with Crippen molar-refractivity contribution in [2.24, 2.45) is 0 Å². The van der Waals surface area contributed by atoms with Crippen molar-refractivity contribution in [1.29, 1.82) is 10.5 Å². The van der Waals surface area contributed by atoms with Gasteiger partial charge in [0.25, 0.3) is 0 Å². The average molecular weight is 262 g/mol. The molecule has 1 aromatic rings. The smallest absolute Gasteiger partial charge is 0.340 e.